The summed E-state index contributed by atoms with van der Waals surface area (Å²) in [6, 6.07) is 14.9. The normalized spacial score (nSPS) is 14.2. The number of nitrogens with one attached hydrogen (secondary N) is 2. The summed E-state index contributed by atoms with van der Waals surface area (Å²) in [7, 11) is 0. The van der Waals surface area contributed by atoms with Gasteiger partial charge in [0.15, 0.2) is 0 Å². The number of aliphatic carboxylic acids is 1. The lowest BCUT2D eigenvalue weighted by molar-refractivity contribution is -0.138. The second-order valence-electron chi connectivity index (χ2n) is 9.95. The van der Waals surface area contributed by atoms with Gasteiger partial charge in [0.05, 0.1) is 6.42 Å². The molecule has 188 valence electrons. The molecule has 2 aromatic rings. The van der Waals surface area contributed by atoms with E-state index in [4.69, 9.17) is 4.74 Å². The zero-order valence-corrected chi connectivity index (χ0v) is 20.9. The van der Waals surface area contributed by atoms with E-state index in [0.717, 1.165) is 28.7 Å². The van der Waals surface area contributed by atoms with Gasteiger partial charge in [0, 0.05) is 12.0 Å². The van der Waals surface area contributed by atoms with E-state index >= 15 is 0 Å². The quantitative estimate of drug-likeness (QED) is 0.422. The van der Waals surface area contributed by atoms with Crippen LogP contribution in [-0.2, 0) is 14.3 Å². The van der Waals surface area contributed by atoms with Crippen molar-refractivity contribution in [2.45, 2.75) is 65.0 Å². The van der Waals surface area contributed by atoms with Gasteiger partial charge in [-0.3, -0.25) is 9.59 Å². The molecule has 2 atom stereocenters. The predicted molar refractivity (Wildman–Crippen MR) is 135 cm³/mol. The first-order valence-electron chi connectivity index (χ1n) is 12.3. The van der Waals surface area contributed by atoms with E-state index in [-0.39, 0.29) is 30.8 Å². The van der Waals surface area contributed by atoms with Crippen LogP contribution in [0.3, 0.4) is 0 Å². The zero-order valence-electron chi connectivity index (χ0n) is 20.9. The molecule has 0 fully saturated rings. The van der Waals surface area contributed by atoms with Crippen LogP contribution in [0.25, 0.3) is 11.1 Å². The summed E-state index contributed by atoms with van der Waals surface area (Å²) in [5.41, 5.74) is 4.52. The average molecular weight is 481 g/mol. The number of benzene rings is 2. The van der Waals surface area contributed by atoms with Crippen LogP contribution in [0.5, 0.6) is 0 Å². The van der Waals surface area contributed by atoms with Crippen LogP contribution in [0.1, 0.15) is 64.0 Å². The van der Waals surface area contributed by atoms with Crippen LogP contribution in [-0.4, -0.2) is 41.8 Å². The molecule has 7 heteroatoms. The van der Waals surface area contributed by atoms with E-state index in [1.165, 1.54) is 0 Å². The molecular formula is C28H36N2O5. The van der Waals surface area contributed by atoms with Crippen molar-refractivity contribution >= 4 is 18.0 Å². The van der Waals surface area contributed by atoms with E-state index in [1.54, 1.807) is 0 Å². The van der Waals surface area contributed by atoms with Crippen molar-refractivity contribution in [3.05, 3.63) is 59.7 Å². The maximum atomic E-state index is 13.0. The third-order valence-electron chi connectivity index (χ3n) is 6.51. The molecule has 0 aromatic heterocycles. The molecule has 35 heavy (non-hydrogen) atoms. The van der Waals surface area contributed by atoms with Gasteiger partial charge >= 0.3 is 12.1 Å². The molecule has 1 aliphatic carbocycles. The van der Waals surface area contributed by atoms with Crippen LogP contribution in [0.2, 0.25) is 0 Å². The van der Waals surface area contributed by atoms with Crippen LogP contribution in [0.15, 0.2) is 48.5 Å². The number of rotatable bonds is 11. The highest BCUT2D eigenvalue weighted by Gasteiger charge is 2.30. The number of ether oxygens (including phenoxy) is 1. The summed E-state index contributed by atoms with van der Waals surface area (Å²) in [5, 5.41) is 14.7. The van der Waals surface area contributed by atoms with Crippen molar-refractivity contribution in [2.24, 2.45) is 11.8 Å². The molecule has 0 radical (unpaired) electrons. The van der Waals surface area contributed by atoms with E-state index in [2.05, 4.69) is 34.9 Å². The maximum absolute atomic E-state index is 13.0. The third kappa shape index (κ3) is 6.84. The van der Waals surface area contributed by atoms with Crippen LogP contribution in [0, 0.1) is 11.8 Å². The van der Waals surface area contributed by atoms with Crippen LogP contribution in [0.4, 0.5) is 4.79 Å². The fourth-order valence-electron chi connectivity index (χ4n) is 4.48. The van der Waals surface area contributed by atoms with Gasteiger partial charge in [-0.2, -0.15) is 0 Å². The first-order chi connectivity index (χ1) is 16.7. The molecule has 2 aromatic carbocycles. The summed E-state index contributed by atoms with van der Waals surface area (Å²) >= 11 is 0. The molecular weight excluding hydrogens is 444 g/mol. The lowest BCUT2D eigenvalue weighted by Crippen LogP contribution is -2.51. The second-order valence-corrected chi connectivity index (χ2v) is 9.95. The monoisotopic (exact) mass is 480 g/mol. The second kappa shape index (κ2) is 11.9. The first kappa shape index (κ1) is 26.3. The Kier molecular flexibility index (Phi) is 8.90. The Balaban J connectivity index is 1.67. The van der Waals surface area contributed by atoms with E-state index < -0.39 is 24.1 Å². The Bertz CT molecular complexity index is 1000. The molecule has 0 aliphatic heterocycles. The van der Waals surface area contributed by atoms with Crippen molar-refractivity contribution < 1.29 is 24.2 Å². The molecule has 7 nitrogen and oxygen atoms in total. The standard InChI is InChI=1S/C28H36N2O5/c1-17(2)13-14-24(27(33)29-25(18(3)4)15-26(31)32)30-28(34)35-16-23-21-11-7-5-9-19(21)20-10-6-8-12-22(20)23/h5-12,17-18,23-25H,13-16H2,1-4H3,(H,29,33)(H,30,34)(H,31,32)/t24?,25-/m0/s1. The van der Waals surface area contributed by atoms with Crippen molar-refractivity contribution in [2.75, 3.05) is 6.61 Å². The highest BCUT2D eigenvalue weighted by molar-refractivity contribution is 5.86. The minimum Gasteiger partial charge on any atom is -0.481 e. The minimum absolute atomic E-state index is 0.0600. The van der Waals surface area contributed by atoms with Gasteiger partial charge in [-0.05, 0) is 46.9 Å². The molecule has 1 unspecified atom stereocenters. The fraction of sp³-hybridized carbons (Fsp3) is 0.464. The Morgan fingerprint density at radius 3 is 1.97 bits per heavy atom. The summed E-state index contributed by atoms with van der Waals surface area (Å²) in [6.45, 7) is 7.96. The molecule has 3 rings (SSSR count). The van der Waals surface area contributed by atoms with Gasteiger partial charge in [0.25, 0.3) is 0 Å². The lowest BCUT2D eigenvalue weighted by Gasteiger charge is -2.25. The number of carbonyl (C=O) groups is 3. The smallest absolute Gasteiger partial charge is 0.407 e. The number of carboxylic acids is 1. The summed E-state index contributed by atoms with van der Waals surface area (Å²) in [6.07, 6.45) is 0.333. The van der Waals surface area contributed by atoms with Crippen molar-refractivity contribution in [3.8, 4) is 11.1 Å². The Hall–Kier alpha value is -3.35. The topological polar surface area (TPSA) is 105 Å². The number of amides is 2. The molecule has 1 aliphatic rings. The van der Waals surface area contributed by atoms with Gasteiger partial charge < -0.3 is 20.5 Å². The Morgan fingerprint density at radius 2 is 1.46 bits per heavy atom. The molecule has 0 spiro atoms. The third-order valence-corrected chi connectivity index (χ3v) is 6.51. The Morgan fingerprint density at radius 1 is 0.886 bits per heavy atom. The van der Waals surface area contributed by atoms with E-state index in [0.29, 0.717) is 12.3 Å². The largest absolute Gasteiger partial charge is 0.481 e. The van der Waals surface area contributed by atoms with Crippen molar-refractivity contribution in [1.82, 2.24) is 10.6 Å². The van der Waals surface area contributed by atoms with Gasteiger partial charge in [0.2, 0.25) is 5.91 Å². The summed E-state index contributed by atoms with van der Waals surface area (Å²) < 4.78 is 5.62. The summed E-state index contributed by atoms with van der Waals surface area (Å²) in [5.74, 6) is -1.16. The van der Waals surface area contributed by atoms with E-state index in [1.807, 2.05) is 52.0 Å². The molecule has 0 saturated heterocycles. The molecule has 0 bridgehead atoms. The number of carboxylic acid groups (broad SMARTS) is 1. The van der Waals surface area contributed by atoms with Gasteiger partial charge in [-0.25, -0.2) is 4.79 Å². The van der Waals surface area contributed by atoms with Gasteiger partial charge in [-0.15, -0.1) is 0 Å². The SMILES string of the molecule is CC(C)CCC(NC(=O)OCC1c2ccccc2-c2ccccc21)C(=O)N[C@@H](CC(=O)O)C(C)C. The fourth-order valence-corrected chi connectivity index (χ4v) is 4.48. The molecule has 3 N–H and O–H groups in total. The highest BCUT2D eigenvalue weighted by atomic mass is 16.5. The highest BCUT2D eigenvalue weighted by Crippen LogP contribution is 2.44. The van der Waals surface area contributed by atoms with Gasteiger partial charge in [-0.1, -0.05) is 76.2 Å². The Labute approximate surface area is 207 Å². The van der Waals surface area contributed by atoms with Gasteiger partial charge in [0.1, 0.15) is 12.6 Å². The average Bonchev–Trinajstić information content (AvgIpc) is 3.13. The molecule has 2 amide bonds. The van der Waals surface area contributed by atoms with E-state index in [9.17, 15) is 19.5 Å². The number of hydrogen-bond acceptors (Lipinski definition) is 4. The van der Waals surface area contributed by atoms with Crippen LogP contribution >= 0.6 is 0 Å². The van der Waals surface area contributed by atoms with Crippen LogP contribution < -0.4 is 10.6 Å². The molecule has 0 heterocycles. The first-order valence-corrected chi connectivity index (χ1v) is 12.3. The number of fused-ring (bicyclic) bond motifs is 3. The number of hydrogen-bond donors (Lipinski definition) is 3. The van der Waals surface area contributed by atoms with Crippen molar-refractivity contribution in [1.29, 1.82) is 0 Å². The zero-order chi connectivity index (χ0) is 25.5. The maximum Gasteiger partial charge on any atom is 0.407 e. The summed E-state index contributed by atoms with van der Waals surface area (Å²) in [4.78, 5) is 37.0. The number of carbonyl (C=O) groups excluding carboxylic acids is 2. The molecule has 0 saturated carbocycles. The predicted octanol–water partition coefficient (Wildman–Crippen LogP) is 4.95. The van der Waals surface area contributed by atoms with Crippen molar-refractivity contribution in [3.63, 3.8) is 0 Å². The minimum atomic E-state index is -0.979. The number of alkyl carbamates (subject to hydrolysis) is 1. The lowest BCUT2D eigenvalue weighted by atomic mass is 9.98.